The Kier molecular flexibility index (Phi) is 4.05. The van der Waals surface area contributed by atoms with Gasteiger partial charge in [-0.05, 0) is 25.5 Å². The molecule has 0 saturated carbocycles. The first-order chi connectivity index (χ1) is 9.93. The third-order valence-corrected chi connectivity index (χ3v) is 3.30. The number of nitrogens with zero attached hydrogens (tertiary/aromatic N) is 3. The van der Waals surface area contributed by atoms with Crippen LogP contribution in [0, 0.1) is 35.3 Å². The minimum Gasteiger partial charge on any atom is -0.442 e. The lowest BCUT2D eigenvalue weighted by molar-refractivity contribution is -0.384. The molecule has 0 bridgehead atoms. The summed E-state index contributed by atoms with van der Waals surface area (Å²) in [5, 5.41) is 19.9. The van der Waals surface area contributed by atoms with Gasteiger partial charge in [0.1, 0.15) is 22.4 Å². The van der Waals surface area contributed by atoms with Gasteiger partial charge < -0.3 is 4.42 Å². The van der Waals surface area contributed by atoms with Crippen molar-refractivity contribution in [3.8, 4) is 6.07 Å². The zero-order valence-electron chi connectivity index (χ0n) is 11.3. The molecule has 0 aliphatic heterocycles. The van der Waals surface area contributed by atoms with Crippen molar-refractivity contribution in [3.05, 3.63) is 55.8 Å². The molecule has 21 heavy (non-hydrogen) atoms. The third kappa shape index (κ3) is 2.93. The summed E-state index contributed by atoms with van der Waals surface area (Å²) in [6, 6.07) is 6.34. The van der Waals surface area contributed by atoms with E-state index in [9.17, 15) is 10.1 Å². The SMILES string of the molecule is Cc1oc(/N=C/c2ccc(Cl)c([N+](=O)[O-])c2)c(C#N)c1C. The Morgan fingerprint density at radius 3 is 2.81 bits per heavy atom. The van der Waals surface area contributed by atoms with E-state index in [1.54, 1.807) is 19.9 Å². The molecule has 0 radical (unpaired) electrons. The molecule has 0 saturated heterocycles. The minimum atomic E-state index is -0.568. The number of furan rings is 1. The van der Waals surface area contributed by atoms with Crippen LogP contribution >= 0.6 is 11.6 Å². The summed E-state index contributed by atoms with van der Waals surface area (Å²) in [5.74, 6) is 0.797. The lowest BCUT2D eigenvalue weighted by Crippen LogP contribution is -1.91. The Balaban J connectivity index is 2.39. The van der Waals surface area contributed by atoms with Crippen LogP contribution in [0.5, 0.6) is 0 Å². The number of nitro groups is 1. The fourth-order valence-corrected chi connectivity index (χ4v) is 1.90. The molecule has 0 atom stereocenters. The van der Waals surface area contributed by atoms with Gasteiger partial charge in [-0.3, -0.25) is 10.1 Å². The lowest BCUT2D eigenvalue weighted by Gasteiger charge is -1.96. The van der Waals surface area contributed by atoms with Crippen molar-refractivity contribution in [2.24, 2.45) is 4.99 Å². The maximum atomic E-state index is 10.8. The molecule has 1 aromatic carbocycles. The number of aryl methyl sites for hydroxylation is 1. The van der Waals surface area contributed by atoms with Crippen LogP contribution in [0.2, 0.25) is 5.02 Å². The normalized spacial score (nSPS) is 10.8. The van der Waals surface area contributed by atoms with Gasteiger partial charge in [0.15, 0.2) is 0 Å². The quantitative estimate of drug-likeness (QED) is 0.485. The molecule has 0 amide bonds. The van der Waals surface area contributed by atoms with Gasteiger partial charge in [0.2, 0.25) is 5.88 Å². The molecule has 0 spiro atoms. The molecule has 0 unspecified atom stereocenters. The van der Waals surface area contributed by atoms with E-state index in [0.717, 1.165) is 5.56 Å². The number of aliphatic imine (C=N–C) groups is 1. The number of rotatable bonds is 3. The van der Waals surface area contributed by atoms with Gasteiger partial charge in [0, 0.05) is 17.8 Å². The zero-order valence-corrected chi connectivity index (χ0v) is 12.0. The van der Waals surface area contributed by atoms with Crippen molar-refractivity contribution in [2.45, 2.75) is 13.8 Å². The first-order valence-corrected chi connectivity index (χ1v) is 6.30. The Morgan fingerprint density at radius 1 is 1.48 bits per heavy atom. The molecule has 6 nitrogen and oxygen atoms in total. The third-order valence-electron chi connectivity index (χ3n) is 2.98. The summed E-state index contributed by atoms with van der Waals surface area (Å²) in [6.07, 6.45) is 1.39. The highest BCUT2D eigenvalue weighted by Gasteiger charge is 2.14. The molecule has 1 heterocycles. The highest BCUT2D eigenvalue weighted by molar-refractivity contribution is 6.32. The molecular weight excluding hydrogens is 294 g/mol. The summed E-state index contributed by atoms with van der Waals surface area (Å²) >= 11 is 5.73. The van der Waals surface area contributed by atoms with E-state index in [1.165, 1.54) is 18.3 Å². The second-order valence-corrected chi connectivity index (χ2v) is 4.71. The van der Waals surface area contributed by atoms with Crippen molar-refractivity contribution in [1.82, 2.24) is 0 Å². The van der Waals surface area contributed by atoms with Crippen molar-refractivity contribution in [2.75, 3.05) is 0 Å². The average Bonchev–Trinajstić information content (AvgIpc) is 2.72. The topological polar surface area (TPSA) is 92.4 Å². The van der Waals surface area contributed by atoms with E-state index in [-0.39, 0.29) is 16.6 Å². The minimum absolute atomic E-state index is 0.0551. The molecule has 106 valence electrons. The molecular formula is C14H10ClN3O3. The van der Waals surface area contributed by atoms with Crippen LogP contribution in [0.1, 0.15) is 22.5 Å². The molecule has 2 rings (SSSR count). The number of hydrogen-bond donors (Lipinski definition) is 0. The van der Waals surface area contributed by atoms with Gasteiger partial charge in [0.25, 0.3) is 5.69 Å². The predicted molar refractivity (Wildman–Crippen MR) is 78.3 cm³/mol. The van der Waals surface area contributed by atoms with Gasteiger partial charge in [-0.1, -0.05) is 17.7 Å². The van der Waals surface area contributed by atoms with Crippen LogP contribution in [0.4, 0.5) is 11.6 Å². The van der Waals surface area contributed by atoms with E-state index in [1.807, 2.05) is 6.07 Å². The van der Waals surface area contributed by atoms with E-state index in [2.05, 4.69) is 4.99 Å². The summed E-state index contributed by atoms with van der Waals surface area (Å²) in [4.78, 5) is 14.3. The van der Waals surface area contributed by atoms with Gasteiger partial charge in [-0.15, -0.1) is 0 Å². The van der Waals surface area contributed by atoms with Crippen LogP contribution in [0.25, 0.3) is 0 Å². The summed E-state index contributed by atoms with van der Waals surface area (Å²) in [7, 11) is 0. The summed E-state index contributed by atoms with van der Waals surface area (Å²) in [5.41, 5.74) is 1.37. The van der Waals surface area contributed by atoms with E-state index in [0.29, 0.717) is 16.9 Å². The van der Waals surface area contributed by atoms with E-state index < -0.39 is 4.92 Å². The van der Waals surface area contributed by atoms with Crippen LogP contribution in [0.3, 0.4) is 0 Å². The molecule has 0 fully saturated rings. The fraction of sp³-hybridized carbons (Fsp3) is 0.143. The van der Waals surface area contributed by atoms with Crippen LogP contribution in [0.15, 0.2) is 27.6 Å². The van der Waals surface area contributed by atoms with Gasteiger partial charge in [-0.2, -0.15) is 5.26 Å². The number of nitriles is 1. The first-order valence-electron chi connectivity index (χ1n) is 5.92. The largest absolute Gasteiger partial charge is 0.442 e. The van der Waals surface area contributed by atoms with Crippen molar-refractivity contribution < 1.29 is 9.34 Å². The highest BCUT2D eigenvalue weighted by atomic mass is 35.5. The van der Waals surface area contributed by atoms with Gasteiger partial charge in [0.05, 0.1) is 4.92 Å². The first kappa shape index (κ1) is 14.8. The van der Waals surface area contributed by atoms with Crippen molar-refractivity contribution in [1.29, 1.82) is 5.26 Å². The number of halogens is 1. The van der Waals surface area contributed by atoms with Crippen LogP contribution < -0.4 is 0 Å². The zero-order chi connectivity index (χ0) is 15.6. The molecule has 2 aromatic rings. The maximum absolute atomic E-state index is 10.8. The maximum Gasteiger partial charge on any atom is 0.288 e. The van der Waals surface area contributed by atoms with E-state index >= 15 is 0 Å². The monoisotopic (exact) mass is 303 g/mol. The highest BCUT2D eigenvalue weighted by Crippen LogP contribution is 2.28. The summed E-state index contributed by atoms with van der Waals surface area (Å²) < 4.78 is 5.38. The second-order valence-electron chi connectivity index (χ2n) is 4.30. The van der Waals surface area contributed by atoms with Gasteiger partial charge >= 0.3 is 0 Å². The Hall–Kier alpha value is -2.65. The Labute approximate surface area is 125 Å². The molecule has 1 aromatic heterocycles. The Bertz CT molecular complexity index is 787. The molecule has 0 N–H and O–H groups in total. The molecule has 0 aliphatic rings. The number of nitro benzene ring substituents is 1. The predicted octanol–water partition coefficient (Wildman–Crippen LogP) is 4.08. The second kappa shape index (κ2) is 5.77. The summed E-state index contributed by atoms with van der Waals surface area (Å²) in [6.45, 7) is 3.51. The van der Waals surface area contributed by atoms with Crippen molar-refractivity contribution >= 4 is 29.4 Å². The lowest BCUT2D eigenvalue weighted by atomic mass is 10.2. The number of benzene rings is 1. The fourth-order valence-electron chi connectivity index (χ4n) is 1.71. The van der Waals surface area contributed by atoms with E-state index in [4.69, 9.17) is 21.3 Å². The average molecular weight is 304 g/mol. The molecule has 7 heteroatoms. The smallest absolute Gasteiger partial charge is 0.288 e. The van der Waals surface area contributed by atoms with Crippen molar-refractivity contribution in [3.63, 3.8) is 0 Å². The molecule has 0 aliphatic carbocycles. The number of hydrogen-bond acceptors (Lipinski definition) is 5. The van der Waals surface area contributed by atoms with Crippen LogP contribution in [-0.4, -0.2) is 11.1 Å². The Morgan fingerprint density at radius 2 is 2.19 bits per heavy atom. The van der Waals surface area contributed by atoms with Gasteiger partial charge in [-0.25, -0.2) is 4.99 Å². The van der Waals surface area contributed by atoms with Crippen LogP contribution in [-0.2, 0) is 0 Å². The standard InChI is InChI=1S/C14H10ClN3O3/c1-8-9(2)21-14(11(8)6-16)17-7-10-3-4-12(15)13(5-10)18(19)20/h3-5,7H,1-2H3/b17-7+.